The monoisotopic (exact) mass is 353 g/mol. The lowest BCUT2D eigenvalue weighted by molar-refractivity contribution is -0.130. The molecule has 1 atom stereocenters. The van der Waals surface area contributed by atoms with Gasteiger partial charge in [-0.3, -0.25) is 4.79 Å². The first-order valence-corrected chi connectivity index (χ1v) is 8.86. The Balaban J connectivity index is 1.73. The van der Waals surface area contributed by atoms with E-state index in [4.69, 9.17) is 9.47 Å². The van der Waals surface area contributed by atoms with Crippen molar-refractivity contribution in [2.24, 2.45) is 0 Å². The third-order valence-corrected chi connectivity index (χ3v) is 3.95. The summed E-state index contributed by atoms with van der Waals surface area (Å²) in [6, 6.07) is 16.0. The Morgan fingerprint density at radius 2 is 1.65 bits per heavy atom. The fourth-order valence-corrected chi connectivity index (χ4v) is 2.52. The van der Waals surface area contributed by atoms with Crippen molar-refractivity contribution in [1.29, 1.82) is 0 Å². The van der Waals surface area contributed by atoms with Crippen LogP contribution in [0.3, 0.4) is 0 Å². The summed E-state index contributed by atoms with van der Waals surface area (Å²) >= 11 is 0. The van der Waals surface area contributed by atoms with Gasteiger partial charge >= 0.3 is 5.97 Å². The van der Waals surface area contributed by atoms with Crippen molar-refractivity contribution in [3.63, 3.8) is 0 Å². The molecule has 1 amide bonds. The lowest BCUT2D eigenvalue weighted by Crippen LogP contribution is -2.33. The second-order valence-electron chi connectivity index (χ2n) is 6.67. The van der Waals surface area contributed by atoms with Gasteiger partial charge in [-0.2, -0.15) is 0 Å². The van der Waals surface area contributed by atoms with E-state index >= 15 is 0 Å². The van der Waals surface area contributed by atoms with E-state index < -0.39 is 12.1 Å². The van der Waals surface area contributed by atoms with Gasteiger partial charge in [0.1, 0.15) is 5.75 Å². The zero-order chi connectivity index (χ0) is 18.5. The third kappa shape index (κ3) is 4.85. The molecule has 1 N–H and O–H groups in total. The van der Waals surface area contributed by atoms with Gasteiger partial charge < -0.3 is 14.8 Å². The van der Waals surface area contributed by atoms with Crippen molar-refractivity contribution in [3.05, 3.63) is 65.7 Å². The van der Waals surface area contributed by atoms with Gasteiger partial charge in [0.2, 0.25) is 6.10 Å². The molecule has 5 nitrogen and oxygen atoms in total. The summed E-state index contributed by atoms with van der Waals surface area (Å²) in [5.74, 6) is -0.143. The van der Waals surface area contributed by atoms with Crippen molar-refractivity contribution in [3.8, 4) is 5.75 Å². The molecule has 0 saturated heterocycles. The molecule has 0 radical (unpaired) electrons. The molecule has 1 aliphatic rings. The maximum atomic E-state index is 12.5. The summed E-state index contributed by atoms with van der Waals surface area (Å²) in [5, 5.41) is 2.90. The van der Waals surface area contributed by atoms with E-state index in [0.717, 1.165) is 12.8 Å². The number of ether oxygens (including phenoxy) is 2. The van der Waals surface area contributed by atoms with Crippen LogP contribution in [0.1, 0.15) is 48.7 Å². The number of rotatable bonds is 7. The maximum absolute atomic E-state index is 12.5. The molecule has 1 aliphatic carbocycles. The Morgan fingerprint density at radius 3 is 2.23 bits per heavy atom. The molecule has 0 aliphatic heterocycles. The Labute approximate surface area is 153 Å². The largest absolute Gasteiger partial charge is 0.491 e. The number of hydrogen-bond acceptors (Lipinski definition) is 4. The Bertz CT molecular complexity index is 751. The predicted octanol–water partition coefficient (Wildman–Crippen LogP) is 3.65. The second kappa shape index (κ2) is 8.04. The molecule has 1 fully saturated rings. The van der Waals surface area contributed by atoms with E-state index in [1.807, 2.05) is 32.0 Å². The Hall–Kier alpha value is -2.82. The van der Waals surface area contributed by atoms with E-state index in [1.165, 1.54) is 0 Å². The number of carbonyl (C=O) groups excluding carboxylic acids is 2. The van der Waals surface area contributed by atoms with Crippen LogP contribution >= 0.6 is 0 Å². The van der Waals surface area contributed by atoms with E-state index in [1.54, 1.807) is 36.4 Å². The lowest BCUT2D eigenvalue weighted by Gasteiger charge is -2.18. The van der Waals surface area contributed by atoms with Crippen LogP contribution in [0.25, 0.3) is 0 Å². The maximum Gasteiger partial charge on any atom is 0.339 e. The van der Waals surface area contributed by atoms with Crippen molar-refractivity contribution in [2.45, 2.75) is 44.9 Å². The van der Waals surface area contributed by atoms with Gasteiger partial charge in [-0.25, -0.2) is 4.79 Å². The third-order valence-electron chi connectivity index (χ3n) is 3.95. The SMILES string of the molecule is CC(C)Oc1ccc(C(=O)O[C@H](C(=O)NC2CC2)c2ccccc2)cc1. The predicted molar refractivity (Wildman–Crippen MR) is 98.0 cm³/mol. The van der Waals surface area contributed by atoms with Gasteiger partial charge in [0, 0.05) is 11.6 Å². The topological polar surface area (TPSA) is 64.6 Å². The molecule has 2 aromatic carbocycles. The molecule has 0 heterocycles. The number of benzene rings is 2. The van der Waals surface area contributed by atoms with Crippen molar-refractivity contribution in [1.82, 2.24) is 5.32 Å². The van der Waals surface area contributed by atoms with Gasteiger partial charge in [-0.15, -0.1) is 0 Å². The highest BCUT2D eigenvalue weighted by Crippen LogP contribution is 2.24. The standard InChI is InChI=1S/C21H23NO4/c1-14(2)25-18-12-8-16(9-13-18)21(24)26-19(15-6-4-3-5-7-15)20(23)22-17-10-11-17/h3-9,12-14,17,19H,10-11H2,1-2H3,(H,22,23)/t19-/m0/s1. The second-order valence-corrected chi connectivity index (χ2v) is 6.67. The number of nitrogens with one attached hydrogen (secondary N) is 1. The molecule has 136 valence electrons. The van der Waals surface area contributed by atoms with Crippen LogP contribution in [0.4, 0.5) is 0 Å². The molecule has 0 bridgehead atoms. The number of amides is 1. The first-order valence-electron chi connectivity index (χ1n) is 8.86. The van der Waals surface area contributed by atoms with E-state index in [9.17, 15) is 9.59 Å². The fourth-order valence-electron chi connectivity index (χ4n) is 2.52. The zero-order valence-corrected chi connectivity index (χ0v) is 15.0. The van der Waals surface area contributed by atoms with Crippen molar-refractivity contribution < 1.29 is 19.1 Å². The first-order chi connectivity index (χ1) is 12.5. The highest BCUT2D eigenvalue weighted by Gasteiger charge is 2.31. The van der Waals surface area contributed by atoms with E-state index in [2.05, 4.69) is 5.32 Å². The molecule has 0 aromatic heterocycles. The molecule has 0 unspecified atom stereocenters. The van der Waals surface area contributed by atoms with Crippen LogP contribution in [-0.4, -0.2) is 24.0 Å². The van der Waals surface area contributed by atoms with Crippen molar-refractivity contribution >= 4 is 11.9 Å². The molecular weight excluding hydrogens is 330 g/mol. The summed E-state index contributed by atoms with van der Waals surface area (Å²) in [5.41, 5.74) is 1.03. The number of esters is 1. The lowest BCUT2D eigenvalue weighted by atomic mass is 10.1. The van der Waals surface area contributed by atoms with Crippen LogP contribution < -0.4 is 10.1 Å². The number of hydrogen-bond donors (Lipinski definition) is 1. The molecule has 3 rings (SSSR count). The minimum absolute atomic E-state index is 0.0568. The van der Waals surface area contributed by atoms with Gasteiger partial charge in [-0.1, -0.05) is 30.3 Å². The Kier molecular flexibility index (Phi) is 5.56. The molecule has 1 saturated carbocycles. The summed E-state index contributed by atoms with van der Waals surface area (Å²) in [4.78, 5) is 25.1. The summed E-state index contributed by atoms with van der Waals surface area (Å²) in [6.45, 7) is 3.87. The minimum Gasteiger partial charge on any atom is -0.491 e. The molecule has 0 spiro atoms. The minimum atomic E-state index is -0.962. The van der Waals surface area contributed by atoms with Gasteiger partial charge in [0.25, 0.3) is 5.91 Å². The smallest absolute Gasteiger partial charge is 0.339 e. The van der Waals surface area contributed by atoms with Crippen LogP contribution in [0.15, 0.2) is 54.6 Å². The molecular formula is C21H23NO4. The van der Waals surface area contributed by atoms with Gasteiger partial charge in [-0.05, 0) is 51.0 Å². The summed E-state index contributed by atoms with van der Waals surface area (Å²) < 4.78 is 11.1. The van der Waals surface area contributed by atoms with Crippen molar-refractivity contribution in [2.75, 3.05) is 0 Å². The van der Waals surface area contributed by atoms with Gasteiger partial charge in [0.05, 0.1) is 11.7 Å². The zero-order valence-electron chi connectivity index (χ0n) is 15.0. The average molecular weight is 353 g/mol. The summed E-state index contributed by atoms with van der Waals surface area (Å²) in [7, 11) is 0. The van der Waals surface area contributed by atoms with Crippen LogP contribution in [-0.2, 0) is 9.53 Å². The van der Waals surface area contributed by atoms with Crippen LogP contribution in [0, 0.1) is 0 Å². The average Bonchev–Trinajstić information content (AvgIpc) is 3.44. The molecule has 26 heavy (non-hydrogen) atoms. The highest BCUT2D eigenvalue weighted by molar-refractivity contribution is 5.93. The van der Waals surface area contributed by atoms with Crippen LogP contribution in [0.5, 0.6) is 5.75 Å². The van der Waals surface area contributed by atoms with Gasteiger partial charge in [0.15, 0.2) is 0 Å². The number of carbonyl (C=O) groups is 2. The molecule has 5 heteroatoms. The fraction of sp³-hybridized carbons (Fsp3) is 0.333. The van der Waals surface area contributed by atoms with Crippen LogP contribution in [0.2, 0.25) is 0 Å². The first kappa shape index (κ1) is 18.0. The molecule has 2 aromatic rings. The highest BCUT2D eigenvalue weighted by atomic mass is 16.5. The normalized spacial score (nSPS) is 14.6. The van der Waals surface area contributed by atoms with E-state index in [0.29, 0.717) is 16.9 Å². The van der Waals surface area contributed by atoms with E-state index in [-0.39, 0.29) is 18.1 Å². The summed E-state index contributed by atoms with van der Waals surface area (Å²) in [6.07, 6.45) is 1.04. The quantitative estimate of drug-likeness (QED) is 0.772. The Morgan fingerprint density at radius 1 is 1.00 bits per heavy atom.